The van der Waals surface area contributed by atoms with Gasteiger partial charge in [0.1, 0.15) is 6.61 Å². The van der Waals surface area contributed by atoms with Crippen molar-refractivity contribution in [2.75, 3.05) is 13.7 Å². The predicted octanol–water partition coefficient (Wildman–Crippen LogP) is 4.11. The van der Waals surface area contributed by atoms with Crippen LogP contribution in [0.5, 0.6) is 0 Å². The van der Waals surface area contributed by atoms with Crippen LogP contribution in [0, 0.1) is 34.5 Å². The summed E-state index contributed by atoms with van der Waals surface area (Å²) in [6.07, 6.45) is 11.7. The van der Waals surface area contributed by atoms with Crippen molar-refractivity contribution < 1.29 is 28.8 Å². The minimum Gasteiger partial charge on any atom is -0.458 e. The number of rotatable bonds is 4. The van der Waals surface area contributed by atoms with Crippen LogP contribution in [-0.2, 0) is 23.7 Å². The summed E-state index contributed by atoms with van der Waals surface area (Å²) in [6.45, 7) is 7.22. The lowest BCUT2D eigenvalue weighted by Gasteiger charge is -2.64. The lowest BCUT2D eigenvalue weighted by Crippen LogP contribution is -2.62. The molecule has 7 heteroatoms. The van der Waals surface area contributed by atoms with Crippen molar-refractivity contribution in [3.63, 3.8) is 0 Å². The highest BCUT2D eigenvalue weighted by atomic mass is 16.7. The van der Waals surface area contributed by atoms with Crippen LogP contribution in [0.2, 0.25) is 0 Å². The van der Waals surface area contributed by atoms with Crippen molar-refractivity contribution >= 4 is 5.97 Å². The van der Waals surface area contributed by atoms with E-state index in [1.807, 2.05) is 6.92 Å². The summed E-state index contributed by atoms with van der Waals surface area (Å²) in [6, 6.07) is -0.120. The number of aliphatic hydroxyl groups is 1. The number of nitrogens with two attached hydrogens (primary N) is 1. The normalized spacial score (nSPS) is 53.6. The summed E-state index contributed by atoms with van der Waals surface area (Å²) in [4.78, 5) is 11.8. The molecule has 37 heavy (non-hydrogen) atoms. The second-order valence-corrected chi connectivity index (χ2v) is 13.7. The fourth-order valence-corrected chi connectivity index (χ4v) is 10.1. The van der Waals surface area contributed by atoms with Crippen LogP contribution < -0.4 is 5.73 Å². The number of fused-ring (bicyclic) bond motifs is 5. The molecular weight excluding hydrogens is 470 g/mol. The molecule has 4 unspecified atom stereocenters. The highest BCUT2D eigenvalue weighted by molar-refractivity contribution is 5.85. The number of ether oxygens (including phenoxy) is 4. The van der Waals surface area contributed by atoms with E-state index in [2.05, 4.69) is 13.8 Å². The van der Waals surface area contributed by atoms with E-state index < -0.39 is 5.60 Å². The van der Waals surface area contributed by atoms with Crippen LogP contribution in [-0.4, -0.2) is 61.0 Å². The standard InChI is InChI=1S/C30H47NO6/c1-17-27(31)24(34-4)15-26(36-17)37-20-7-10-28(2)19(14-20)5-6-23-22(28)8-11-29(3)21(9-12-30(23,29)33)18-13-25(32)35-16-18/h13,17,19-24,26-27,33H,5-12,14-16,31H2,1-4H3/t17-,19?,20-,21?,22?,23?,24-,26-,27-,28-,29+,30-/m0/s1. The molecule has 12 atom stereocenters. The van der Waals surface area contributed by atoms with E-state index in [1.54, 1.807) is 13.2 Å². The maximum absolute atomic E-state index is 12.4. The number of carbonyl (C=O) groups is 1. The van der Waals surface area contributed by atoms with Gasteiger partial charge < -0.3 is 29.8 Å². The first-order valence-electron chi connectivity index (χ1n) is 14.8. The molecule has 1 saturated heterocycles. The van der Waals surface area contributed by atoms with Crippen LogP contribution in [0.4, 0.5) is 0 Å². The van der Waals surface area contributed by atoms with Crippen molar-refractivity contribution in [1.82, 2.24) is 0 Å². The number of hydrogen-bond donors (Lipinski definition) is 2. The Morgan fingerprint density at radius 3 is 2.59 bits per heavy atom. The summed E-state index contributed by atoms with van der Waals surface area (Å²) in [5.74, 6) is 1.52. The minimum atomic E-state index is -0.658. The SMILES string of the molecule is CO[C@H]1C[C@H](O[C@H]2CC[C@@]3(C)C(CCC4C3CC[C@]3(C)C(C5=CC(=O)OC5)CC[C@]43O)C2)O[C@@H](C)[C@@H]1N. The fraction of sp³-hybridized carbons (Fsp3) is 0.900. The van der Waals surface area contributed by atoms with Crippen molar-refractivity contribution in [2.45, 2.75) is 121 Å². The topological polar surface area (TPSA) is 100 Å². The van der Waals surface area contributed by atoms with Crippen molar-refractivity contribution in [2.24, 2.45) is 40.2 Å². The summed E-state index contributed by atoms with van der Waals surface area (Å²) in [5.41, 5.74) is 6.76. The predicted molar refractivity (Wildman–Crippen MR) is 138 cm³/mol. The molecule has 0 spiro atoms. The van der Waals surface area contributed by atoms with Crippen molar-refractivity contribution in [3.8, 4) is 0 Å². The van der Waals surface area contributed by atoms with E-state index in [0.29, 0.717) is 30.8 Å². The van der Waals surface area contributed by atoms with Gasteiger partial charge in [-0.3, -0.25) is 0 Å². The van der Waals surface area contributed by atoms with Gasteiger partial charge >= 0.3 is 5.97 Å². The fourth-order valence-electron chi connectivity index (χ4n) is 10.1. The Balaban J connectivity index is 1.15. The quantitative estimate of drug-likeness (QED) is 0.428. The second kappa shape index (κ2) is 9.29. The number of cyclic esters (lactones) is 1. The molecule has 0 radical (unpaired) electrons. The highest BCUT2D eigenvalue weighted by Gasteiger charge is 2.67. The lowest BCUT2D eigenvalue weighted by atomic mass is 9.43. The zero-order chi connectivity index (χ0) is 26.2. The van der Waals surface area contributed by atoms with Gasteiger partial charge in [0.15, 0.2) is 6.29 Å². The third-order valence-corrected chi connectivity index (χ3v) is 12.3. The van der Waals surface area contributed by atoms with Crippen LogP contribution in [0.25, 0.3) is 0 Å². The Labute approximate surface area is 221 Å². The summed E-state index contributed by atoms with van der Waals surface area (Å²) in [7, 11) is 1.72. The molecule has 5 fully saturated rings. The molecule has 208 valence electrons. The molecule has 0 aromatic carbocycles. The Morgan fingerprint density at radius 2 is 1.86 bits per heavy atom. The van der Waals surface area contributed by atoms with Gasteiger partial charge in [-0.2, -0.15) is 0 Å². The molecule has 0 aromatic heterocycles. The van der Waals surface area contributed by atoms with E-state index in [9.17, 15) is 9.90 Å². The summed E-state index contributed by atoms with van der Waals surface area (Å²) in [5, 5.41) is 12.4. The Bertz CT molecular complexity index is 939. The van der Waals surface area contributed by atoms with Gasteiger partial charge in [0.25, 0.3) is 0 Å². The number of carbonyl (C=O) groups excluding carboxylic acids is 1. The van der Waals surface area contributed by atoms with Crippen LogP contribution in [0.15, 0.2) is 11.6 Å². The van der Waals surface area contributed by atoms with Gasteiger partial charge in [-0.1, -0.05) is 13.8 Å². The Hall–Kier alpha value is -0.990. The van der Waals surface area contributed by atoms with Gasteiger partial charge in [-0.05, 0) is 99.4 Å². The summed E-state index contributed by atoms with van der Waals surface area (Å²) < 4.78 is 23.5. The lowest BCUT2D eigenvalue weighted by molar-refractivity contribution is -0.254. The van der Waals surface area contributed by atoms with Crippen molar-refractivity contribution in [3.05, 3.63) is 11.6 Å². The van der Waals surface area contributed by atoms with Gasteiger partial charge in [0, 0.05) is 25.0 Å². The molecule has 0 aromatic rings. The molecule has 0 bridgehead atoms. The molecule has 6 rings (SSSR count). The molecule has 6 aliphatic rings. The van der Waals surface area contributed by atoms with Gasteiger partial charge in [-0.15, -0.1) is 0 Å². The largest absolute Gasteiger partial charge is 0.458 e. The zero-order valence-electron chi connectivity index (χ0n) is 23.1. The van der Waals surface area contributed by atoms with E-state index in [4.69, 9.17) is 24.7 Å². The molecule has 3 N–H and O–H groups in total. The molecule has 2 heterocycles. The molecule has 4 aliphatic carbocycles. The third kappa shape index (κ3) is 3.97. The molecule has 2 aliphatic heterocycles. The Kier molecular flexibility index (Phi) is 6.59. The van der Waals surface area contributed by atoms with Gasteiger partial charge in [0.05, 0.1) is 30.0 Å². The molecule has 4 saturated carbocycles. The zero-order valence-corrected chi connectivity index (χ0v) is 23.1. The molecule has 7 nitrogen and oxygen atoms in total. The first-order chi connectivity index (χ1) is 17.6. The molecule has 0 amide bonds. The number of methoxy groups -OCH3 is 1. The first-order valence-corrected chi connectivity index (χ1v) is 14.8. The monoisotopic (exact) mass is 517 g/mol. The Morgan fingerprint density at radius 1 is 1.05 bits per heavy atom. The average molecular weight is 518 g/mol. The third-order valence-electron chi connectivity index (χ3n) is 12.3. The highest BCUT2D eigenvalue weighted by Crippen LogP contribution is 2.70. The van der Waals surface area contributed by atoms with E-state index in [-0.39, 0.29) is 53.4 Å². The second-order valence-electron chi connectivity index (χ2n) is 13.7. The van der Waals surface area contributed by atoms with E-state index in [0.717, 1.165) is 63.4 Å². The van der Waals surface area contributed by atoms with Crippen molar-refractivity contribution in [1.29, 1.82) is 0 Å². The summed E-state index contributed by atoms with van der Waals surface area (Å²) >= 11 is 0. The maximum atomic E-state index is 12.4. The molecular formula is C30H47NO6. The van der Waals surface area contributed by atoms with Gasteiger partial charge in [-0.25, -0.2) is 4.79 Å². The maximum Gasteiger partial charge on any atom is 0.331 e. The minimum absolute atomic E-state index is 0.0322. The number of esters is 1. The van der Waals surface area contributed by atoms with Crippen LogP contribution in [0.3, 0.4) is 0 Å². The average Bonchev–Trinajstić information content (AvgIpc) is 3.41. The van der Waals surface area contributed by atoms with Crippen LogP contribution >= 0.6 is 0 Å². The van der Waals surface area contributed by atoms with Gasteiger partial charge in [0.2, 0.25) is 0 Å². The smallest absolute Gasteiger partial charge is 0.331 e. The van der Waals surface area contributed by atoms with Crippen LogP contribution in [0.1, 0.15) is 85.0 Å². The number of hydrogen-bond acceptors (Lipinski definition) is 7. The van der Waals surface area contributed by atoms with E-state index in [1.165, 1.54) is 0 Å². The first kappa shape index (κ1) is 26.2. The van der Waals surface area contributed by atoms with E-state index >= 15 is 0 Å².